The number of aryl methyl sites for hydroxylation is 1. The molecule has 3 rings (SSSR count). The third-order valence-corrected chi connectivity index (χ3v) is 5.15. The van der Waals surface area contributed by atoms with Crippen LogP contribution in [0.3, 0.4) is 0 Å². The lowest BCUT2D eigenvalue weighted by Crippen LogP contribution is -2.12. The highest BCUT2D eigenvalue weighted by Crippen LogP contribution is 2.21. The van der Waals surface area contributed by atoms with Crippen molar-refractivity contribution >= 4 is 26.9 Å². The molecule has 2 heterocycles. The van der Waals surface area contributed by atoms with Gasteiger partial charge in [0.1, 0.15) is 17.0 Å². The van der Waals surface area contributed by atoms with E-state index in [1.165, 1.54) is 19.5 Å². The third kappa shape index (κ3) is 2.59. The average molecular weight is 329 g/mol. The lowest BCUT2D eigenvalue weighted by Gasteiger charge is -2.08. The van der Waals surface area contributed by atoms with Crippen molar-refractivity contribution in [2.45, 2.75) is 11.8 Å². The molecular formula is C16H15N3O3S. The van der Waals surface area contributed by atoms with Crippen molar-refractivity contribution in [3.63, 3.8) is 0 Å². The van der Waals surface area contributed by atoms with Gasteiger partial charge >= 0.3 is 0 Å². The molecule has 0 radical (unpaired) electrons. The van der Waals surface area contributed by atoms with Gasteiger partial charge in [0.15, 0.2) is 5.65 Å². The molecule has 1 aromatic carbocycles. The summed E-state index contributed by atoms with van der Waals surface area (Å²) in [5.41, 5.74) is 2.17. The maximum atomic E-state index is 12.7. The first-order valence-electron chi connectivity index (χ1n) is 6.83. The van der Waals surface area contributed by atoms with Gasteiger partial charge < -0.3 is 4.74 Å². The molecule has 3 aromatic rings. The second kappa shape index (κ2) is 5.51. The standard InChI is InChI=1S/C16H15N3O3S/c1-11-4-6-13(7-5-11)23(20,21)19-9-8-14-16(19)17-10-15(18-14)12(2)22-3/h4-10H,2H2,1,3H3. The van der Waals surface area contributed by atoms with Crippen LogP contribution in [-0.4, -0.2) is 29.5 Å². The normalized spacial score (nSPS) is 11.6. The molecule has 118 valence electrons. The zero-order valence-corrected chi connectivity index (χ0v) is 13.5. The summed E-state index contributed by atoms with van der Waals surface area (Å²) >= 11 is 0. The predicted molar refractivity (Wildman–Crippen MR) is 87.3 cm³/mol. The van der Waals surface area contributed by atoms with Gasteiger partial charge in [-0.15, -0.1) is 0 Å². The molecule has 6 nitrogen and oxygen atoms in total. The number of hydrogen-bond acceptors (Lipinski definition) is 5. The van der Waals surface area contributed by atoms with E-state index in [0.29, 0.717) is 17.0 Å². The van der Waals surface area contributed by atoms with Crippen molar-refractivity contribution in [3.05, 3.63) is 60.6 Å². The van der Waals surface area contributed by atoms with E-state index in [0.717, 1.165) is 9.54 Å². The molecule has 2 aromatic heterocycles. The second-order valence-corrected chi connectivity index (χ2v) is 6.84. The van der Waals surface area contributed by atoms with Crippen LogP contribution in [0.1, 0.15) is 11.3 Å². The minimum Gasteiger partial charge on any atom is -0.495 e. The van der Waals surface area contributed by atoms with Gasteiger partial charge in [-0.25, -0.2) is 22.4 Å². The molecule has 0 atom stereocenters. The molecule has 0 bridgehead atoms. The van der Waals surface area contributed by atoms with Gasteiger partial charge in [-0.3, -0.25) is 0 Å². The maximum absolute atomic E-state index is 12.7. The Kier molecular flexibility index (Phi) is 3.65. The topological polar surface area (TPSA) is 74.1 Å². The number of fused-ring (bicyclic) bond motifs is 1. The first kappa shape index (κ1) is 15.2. The van der Waals surface area contributed by atoms with Crippen LogP contribution in [0.25, 0.3) is 16.9 Å². The number of benzene rings is 1. The molecule has 0 aliphatic rings. The van der Waals surface area contributed by atoms with Crippen LogP contribution in [0.15, 0.2) is 54.2 Å². The van der Waals surface area contributed by atoms with Gasteiger partial charge in [0, 0.05) is 6.20 Å². The Hall–Kier alpha value is -2.67. The summed E-state index contributed by atoms with van der Waals surface area (Å²) in [5, 5.41) is 0. The van der Waals surface area contributed by atoms with Gasteiger partial charge in [0.25, 0.3) is 10.0 Å². The SMILES string of the molecule is C=C(OC)c1cnc2c(ccn2S(=O)(=O)c2ccc(C)cc2)n1. The zero-order chi connectivity index (χ0) is 16.6. The third-order valence-electron chi connectivity index (χ3n) is 3.47. The number of methoxy groups -OCH3 is 1. The largest absolute Gasteiger partial charge is 0.495 e. The molecular weight excluding hydrogens is 314 g/mol. The molecule has 7 heteroatoms. The van der Waals surface area contributed by atoms with Gasteiger partial charge in [-0.1, -0.05) is 24.3 Å². The molecule has 0 fully saturated rings. The first-order valence-corrected chi connectivity index (χ1v) is 8.27. The highest BCUT2D eigenvalue weighted by molar-refractivity contribution is 7.90. The minimum absolute atomic E-state index is 0.202. The Bertz CT molecular complexity index is 989. The second-order valence-electron chi connectivity index (χ2n) is 5.02. The van der Waals surface area contributed by atoms with E-state index in [1.807, 2.05) is 6.92 Å². The zero-order valence-electron chi connectivity index (χ0n) is 12.7. The fraction of sp³-hybridized carbons (Fsp3) is 0.125. The lowest BCUT2D eigenvalue weighted by atomic mass is 10.2. The molecule has 0 aliphatic carbocycles. The van der Waals surface area contributed by atoms with E-state index >= 15 is 0 Å². The fourth-order valence-corrected chi connectivity index (χ4v) is 3.44. The molecule has 0 saturated carbocycles. The Morgan fingerprint density at radius 1 is 1.22 bits per heavy atom. The summed E-state index contributed by atoms with van der Waals surface area (Å²) in [6.07, 6.45) is 2.88. The minimum atomic E-state index is -3.72. The molecule has 0 spiro atoms. The quantitative estimate of drug-likeness (QED) is 0.688. The van der Waals surface area contributed by atoms with E-state index in [9.17, 15) is 8.42 Å². The number of rotatable bonds is 4. The summed E-state index contributed by atoms with van der Waals surface area (Å²) in [5.74, 6) is 0.369. The summed E-state index contributed by atoms with van der Waals surface area (Å²) in [6.45, 7) is 5.61. The summed E-state index contributed by atoms with van der Waals surface area (Å²) < 4.78 is 31.6. The van der Waals surface area contributed by atoms with E-state index in [1.54, 1.807) is 30.3 Å². The molecule has 0 saturated heterocycles. The molecule has 23 heavy (non-hydrogen) atoms. The van der Waals surface area contributed by atoms with E-state index in [4.69, 9.17) is 4.74 Å². The molecule has 0 N–H and O–H groups in total. The van der Waals surface area contributed by atoms with Crippen LogP contribution in [-0.2, 0) is 14.8 Å². The van der Waals surface area contributed by atoms with Gasteiger partial charge in [-0.2, -0.15) is 0 Å². The average Bonchev–Trinajstić information content (AvgIpc) is 2.98. The molecule has 0 unspecified atom stereocenters. The van der Waals surface area contributed by atoms with Crippen molar-refractivity contribution in [1.82, 2.24) is 13.9 Å². The van der Waals surface area contributed by atoms with E-state index in [-0.39, 0.29) is 10.5 Å². The van der Waals surface area contributed by atoms with Crippen LogP contribution in [0.4, 0.5) is 0 Å². The summed E-state index contributed by atoms with van der Waals surface area (Å²) in [6, 6.07) is 8.26. The maximum Gasteiger partial charge on any atom is 0.269 e. The monoisotopic (exact) mass is 329 g/mol. The van der Waals surface area contributed by atoms with Gasteiger partial charge in [0.2, 0.25) is 0 Å². The van der Waals surface area contributed by atoms with Crippen LogP contribution in [0.2, 0.25) is 0 Å². The molecule has 0 amide bonds. The van der Waals surface area contributed by atoms with Crippen LogP contribution >= 0.6 is 0 Å². The lowest BCUT2D eigenvalue weighted by molar-refractivity contribution is 0.369. The van der Waals surface area contributed by atoms with Crippen LogP contribution in [0, 0.1) is 6.92 Å². The summed E-state index contributed by atoms with van der Waals surface area (Å²) in [7, 11) is -2.23. The first-order chi connectivity index (χ1) is 10.9. The van der Waals surface area contributed by atoms with Crippen molar-refractivity contribution in [1.29, 1.82) is 0 Å². The van der Waals surface area contributed by atoms with Crippen molar-refractivity contribution < 1.29 is 13.2 Å². The van der Waals surface area contributed by atoms with Crippen LogP contribution < -0.4 is 0 Å². The van der Waals surface area contributed by atoms with E-state index < -0.39 is 10.0 Å². The van der Waals surface area contributed by atoms with Crippen molar-refractivity contribution in [2.75, 3.05) is 7.11 Å². The summed E-state index contributed by atoms with van der Waals surface area (Å²) in [4.78, 5) is 8.72. The number of aromatic nitrogens is 3. The fourth-order valence-electron chi connectivity index (χ4n) is 2.14. The Morgan fingerprint density at radius 3 is 2.57 bits per heavy atom. The number of hydrogen-bond donors (Lipinski definition) is 0. The van der Waals surface area contributed by atoms with E-state index in [2.05, 4.69) is 16.5 Å². The Labute approximate surface area is 134 Å². The highest BCUT2D eigenvalue weighted by atomic mass is 32.2. The van der Waals surface area contributed by atoms with Gasteiger partial charge in [-0.05, 0) is 25.1 Å². The number of ether oxygens (including phenoxy) is 1. The number of nitrogens with zero attached hydrogens (tertiary/aromatic N) is 3. The smallest absolute Gasteiger partial charge is 0.269 e. The van der Waals surface area contributed by atoms with Gasteiger partial charge in [0.05, 0.1) is 18.2 Å². The predicted octanol–water partition coefficient (Wildman–Crippen LogP) is 2.59. The Balaban J connectivity index is 2.13. The van der Waals surface area contributed by atoms with Crippen LogP contribution in [0.5, 0.6) is 0 Å². The Morgan fingerprint density at radius 2 is 1.91 bits per heavy atom. The van der Waals surface area contributed by atoms with Crippen molar-refractivity contribution in [3.8, 4) is 0 Å². The highest BCUT2D eigenvalue weighted by Gasteiger charge is 2.20. The van der Waals surface area contributed by atoms with Crippen molar-refractivity contribution in [2.24, 2.45) is 0 Å². The molecule has 0 aliphatic heterocycles.